The SMILES string of the molecule is CCOCC1C[C@H]2[C@@H]3CCC4N(C)C(=O)C=C[C@]4(C)[C@@H]3CC[C@]2(C)C1O. The third-order valence-electron chi connectivity index (χ3n) is 8.78. The number of hydrogen-bond acceptors (Lipinski definition) is 3. The fourth-order valence-electron chi connectivity index (χ4n) is 7.32. The molecule has 1 N–H and O–H groups in total. The van der Waals surface area contributed by atoms with Crippen LogP contribution in [0.5, 0.6) is 0 Å². The number of rotatable bonds is 3. The smallest absolute Gasteiger partial charge is 0.246 e. The van der Waals surface area contributed by atoms with Gasteiger partial charge in [0, 0.05) is 31.0 Å². The maximum atomic E-state index is 12.2. The average Bonchev–Trinajstić information content (AvgIpc) is 2.88. The van der Waals surface area contributed by atoms with E-state index in [1.54, 1.807) is 6.08 Å². The molecule has 4 aliphatic rings. The van der Waals surface area contributed by atoms with Gasteiger partial charge >= 0.3 is 0 Å². The van der Waals surface area contributed by atoms with E-state index in [9.17, 15) is 9.90 Å². The molecule has 0 radical (unpaired) electrons. The van der Waals surface area contributed by atoms with Gasteiger partial charge in [-0.05, 0) is 68.3 Å². The molecule has 0 saturated heterocycles. The van der Waals surface area contributed by atoms with Crippen molar-refractivity contribution in [2.75, 3.05) is 20.3 Å². The van der Waals surface area contributed by atoms with Crippen LogP contribution in [0.25, 0.3) is 0 Å². The summed E-state index contributed by atoms with van der Waals surface area (Å²) in [4.78, 5) is 14.1. The summed E-state index contributed by atoms with van der Waals surface area (Å²) in [5.41, 5.74) is 0.113. The molecule has 4 nitrogen and oxygen atoms in total. The summed E-state index contributed by atoms with van der Waals surface area (Å²) in [7, 11) is 1.97. The minimum Gasteiger partial charge on any atom is -0.392 e. The van der Waals surface area contributed by atoms with E-state index in [2.05, 4.69) is 19.9 Å². The van der Waals surface area contributed by atoms with Crippen LogP contribution in [0, 0.1) is 34.5 Å². The number of aliphatic hydroxyl groups is 1. The van der Waals surface area contributed by atoms with Gasteiger partial charge in [0.1, 0.15) is 0 Å². The summed E-state index contributed by atoms with van der Waals surface area (Å²) in [6, 6.07) is 0.330. The Labute approximate surface area is 158 Å². The highest BCUT2D eigenvalue weighted by molar-refractivity contribution is 5.89. The molecular weight excluding hydrogens is 326 g/mol. The van der Waals surface area contributed by atoms with Gasteiger partial charge in [-0.15, -0.1) is 0 Å². The lowest BCUT2D eigenvalue weighted by Gasteiger charge is -2.60. The zero-order valence-corrected chi connectivity index (χ0v) is 16.8. The van der Waals surface area contributed by atoms with Crippen LogP contribution in [0.15, 0.2) is 12.2 Å². The number of nitrogens with zero attached hydrogens (tertiary/aromatic N) is 1. The van der Waals surface area contributed by atoms with Crippen molar-refractivity contribution in [1.29, 1.82) is 0 Å². The Morgan fingerprint density at radius 2 is 2.04 bits per heavy atom. The molecule has 0 bridgehead atoms. The van der Waals surface area contributed by atoms with Crippen molar-refractivity contribution in [3.8, 4) is 0 Å². The molecule has 3 unspecified atom stereocenters. The van der Waals surface area contributed by atoms with Crippen molar-refractivity contribution in [2.24, 2.45) is 34.5 Å². The van der Waals surface area contributed by atoms with Crippen LogP contribution in [0.2, 0.25) is 0 Å². The van der Waals surface area contributed by atoms with E-state index < -0.39 is 0 Å². The van der Waals surface area contributed by atoms with Crippen molar-refractivity contribution in [2.45, 2.75) is 65.0 Å². The number of carbonyl (C=O) groups is 1. The molecule has 0 aromatic heterocycles. The molecule has 8 atom stereocenters. The molecule has 3 fully saturated rings. The van der Waals surface area contributed by atoms with Crippen molar-refractivity contribution < 1.29 is 14.6 Å². The lowest BCUT2D eigenvalue weighted by molar-refractivity contribution is -0.140. The summed E-state index contributed by atoms with van der Waals surface area (Å²) in [6.45, 7) is 8.14. The molecular formula is C22H35NO3. The normalized spacial score (nSPS) is 50.3. The maximum absolute atomic E-state index is 12.2. The van der Waals surface area contributed by atoms with Crippen LogP contribution < -0.4 is 0 Å². The number of likely N-dealkylation sites (N-methyl/N-ethyl adjacent to an activating group) is 1. The summed E-state index contributed by atoms with van der Waals surface area (Å²) in [5.74, 6) is 2.28. The Morgan fingerprint density at radius 1 is 1.27 bits per heavy atom. The van der Waals surface area contributed by atoms with Crippen LogP contribution >= 0.6 is 0 Å². The molecule has 26 heavy (non-hydrogen) atoms. The van der Waals surface area contributed by atoms with Crippen molar-refractivity contribution in [1.82, 2.24) is 4.90 Å². The van der Waals surface area contributed by atoms with E-state index in [0.717, 1.165) is 32.3 Å². The fourth-order valence-corrected chi connectivity index (χ4v) is 7.32. The Kier molecular flexibility index (Phi) is 4.51. The Balaban J connectivity index is 1.62. The molecule has 0 spiro atoms. The second-order valence-electron chi connectivity index (χ2n) is 9.76. The van der Waals surface area contributed by atoms with Crippen LogP contribution in [0.3, 0.4) is 0 Å². The third kappa shape index (κ3) is 2.44. The summed E-state index contributed by atoms with van der Waals surface area (Å²) >= 11 is 0. The van der Waals surface area contributed by atoms with Crippen molar-refractivity contribution >= 4 is 5.91 Å². The molecule has 4 heteroatoms. The minimum absolute atomic E-state index is 0.0340. The molecule has 1 heterocycles. The van der Waals surface area contributed by atoms with Crippen molar-refractivity contribution in [3.05, 3.63) is 12.2 Å². The summed E-state index contributed by atoms with van der Waals surface area (Å²) < 4.78 is 5.69. The Hall–Kier alpha value is -0.870. The van der Waals surface area contributed by atoms with Crippen LogP contribution in [0.4, 0.5) is 0 Å². The molecule has 3 saturated carbocycles. The van der Waals surface area contributed by atoms with E-state index in [0.29, 0.717) is 30.4 Å². The average molecular weight is 362 g/mol. The molecule has 146 valence electrons. The lowest BCUT2D eigenvalue weighted by atomic mass is 9.48. The number of carbonyl (C=O) groups excluding carboxylic acids is 1. The van der Waals surface area contributed by atoms with E-state index in [1.165, 1.54) is 6.42 Å². The molecule has 3 aliphatic carbocycles. The van der Waals surface area contributed by atoms with Crippen LogP contribution in [-0.4, -0.2) is 48.3 Å². The van der Waals surface area contributed by atoms with Crippen LogP contribution in [0.1, 0.15) is 52.9 Å². The molecule has 0 aromatic rings. The second kappa shape index (κ2) is 6.34. The predicted octanol–water partition coefficient (Wildman–Crippen LogP) is 3.25. The van der Waals surface area contributed by atoms with E-state index in [4.69, 9.17) is 4.74 Å². The zero-order chi connectivity index (χ0) is 18.7. The van der Waals surface area contributed by atoms with Crippen molar-refractivity contribution in [3.63, 3.8) is 0 Å². The first-order valence-corrected chi connectivity index (χ1v) is 10.5. The van der Waals surface area contributed by atoms with E-state index in [1.807, 2.05) is 18.9 Å². The van der Waals surface area contributed by atoms with Gasteiger partial charge in [0.05, 0.1) is 12.7 Å². The monoisotopic (exact) mass is 361 g/mol. The first-order chi connectivity index (χ1) is 12.3. The number of aliphatic hydroxyl groups excluding tert-OH is 1. The molecule has 1 aliphatic heterocycles. The highest BCUT2D eigenvalue weighted by atomic mass is 16.5. The predicted molar refractivity (Wildman–Crippen MR) is 101 cm³/mol. The zero-order valence-electron chi connectivity index (χ0n) is 16.8. The third-order valence-corrected chi connectivity index (χ3v) is 8.78. The number of ether oxygens (including phenoxy) is 1. The van der Waals surface area contributed by atoms with Gasteiger partial charge in [-0.3, -0.25) is 4.79 Å². The Morgan fingerprint density at radius 3 is 2.77 bits per heavy atom. The van der Waals surface area contributed by atoms with E-state index in [-0.39, 0.29) is 28.8 Å². The largest absolute Gasteiger partial charge is 0.392 e. The van der Waals surface area contributed by atoms with Gasteiger partial charge in [-0.2, -0.15) is 0 Å². The second-order valence-corrected chi connectivity index (χ2v) is 9.76. The van der Waals surface area contributed by atoms with Gasteiger partial charge in [0.25, 0.3) is 0 Å². The highest BCUT2D eigenvalue weighted by Crippen LogP contribution is 2.64. The van der Waals surface area contributed by atoms with Gasteiger partial charge in [0.15, 0.2) is 0 Å². The maximum Gasteiger partial charge on any atom is 0.246 e. The standard InChI is InChI=1S/C22H35NO3/c1-5-26-13-14-12-17-15-6-7-18-21(2,11-9-19(24)23(18)4)16(15)8-10-22(17,3)20(14)25/h9,11,14-18,20,25H,5-8,10,12-13H2,1-4H3/t14?,15-,16-,17+,18?,20?,21-,22+/m1/s1. The first kappa shape index (κ1) is 18.5. The van der Waals surface area contributed by atoms with E-state index >= 15 is 0 Å². The Bertz CT molecular complexity index is 604. The summed E-state index contributed by atoms with van der Waals surface area (Å²) in [5, 5.41) is 11.1. The number of amides is 1. The fraction of sp³-hybridized carbons (Fsp3) is 0.864. The number of hydrogen-bond donors (Lipinski definition) is 1. The quantitative estimate of drug-likeness (QED) is 0.839. The van der Waals surface area contributed by atoms with Gasteiger partial charge in [-0.25, -0.2) is 0 Å². The molecule has 1 amide bonds. The van der Waals surface area contributed by atoms with Gasteiger partial charge < -0.3 is 14.7 Å². The van der Waals surface area contributed by atoms with Crippen LogP contribution in [-0.2, 0) is 9.53 Å². The molecule has 4 rings (SSSR count). The topological polar surface area (TPSA) is 49.8 Å². The summed E-state index contributed by atoms with van der Waals surface area (Å²) in [6.07, 6.45) is 9.41. The minimum atomic E-state index is -0.239. The number of fused-ring (bicyclic) bond motifs is 5. The van der Waals surface area contributed by atoms with Gasteiger partial charge in [-0.1, -0.05) is 19.9 Å². The molecule has 0 aromatic carbocycles. The van der Waals surface area contributed by atoms with Gasteiger partial charge in [0.2, 0.25) is 5.91 Å². The lowest BCUT2D eigenvalue weighted by Crippen LogP contribution is -2.59. The highest BCUT2D eigenvalue weighted by Gasteiger charge is 2.62. The first-order valence-electron chi connectivity index (χ1n) is 10.5.